The highest BCUT2D eigenvalue weighted by atomic mass is 35.5. The fraction of sp³-hybridized carbons (Fsp3) is 0.316. The van der Waals surface area contributed by atoms with Gasteiger partial charge in [0, 0.05) is 18.1 Å². The Bertz CT molecular complexity index is 733. The van der Waals surface area contributed by atoms with Crippen molar-refractivity contribution in [2.45, 2.75) is 19.9 Å². The van der Waals surface area contributed by atoms with E-state index in [-0.39, 0.29) is 6.03 Å². The van der Waals surface area contributed by atoms with Gasteiger partial charge in [-0.15, -0.1) is 0 Å². The van der Waals surface area contributed by atoms with Gasteiger partial charge in [-0.25, -0.2) is 4.79 Å². The summed E-state index contributed by atoms with van der Waals surface area (Å²) in [7, 11) is 0. The molecule has 1 N–H and O–H groups in total. The molecule has 5 heteroatoms. The predicted molar refractivity (Wildman–Crippen MR) is 95.6 cm³/mol. The van der Waals surface area contributed by atoms with Crippen molar-refractivity contribution in [3.8, 4) is 5.75 Å². The highest BCUT2D eigenvalue weighted by Gasteiger charge is 2.19. The van der Waals surface area contributed by atoms with Gasteiger partial charge in [-0.1, -0.05) is 35.9 Å². The zero-order valence-electron chi connectivity index (χ0n) is 13.7. The molecule has 0 radical (unpaired) electrons. The third kappa shape index (κ3) is 4.01. The van der Waals surface area contributed by atoms with Gasteiger partial charge >= 0.3 is 6.03 Å². The summed E-state index contributed by atoms with van der Waals surface area (Å²) in [5, 5.41) is 3.61. The molecule has 0 bridgehead atoms. The summed E-state index contributed by atoms with van der Waals surface area (Å²) in [6.45, 7) is 4.27. The molecule has 2 aromatic carbocycles. The summed E-state index contributed by atoms with van der Waals surface area (Å²) in [4.78, 5) is 14.1. The molecule has 0 saturated carbocycles. The maximum Gasteiger partial charge on any atom is 0.317 e. The summed E-state index contributed by atoms with van der Waals surface area (Å²) in [5.41, 5.74) is 3.55. The van der Waals surface area contributed by atoms with E-state index in [0.29, 0.717) is 24.7 Å². The number of carbonyl (C=O) groups is 1. The Kier molecular flexibility index (Phi) is 5.26. The summed E-state index contributed by atoms with van der Waals surface area (Å²) >= 11 is 5.92. The van der Waals surface area contributed by atoms with Crippen LogP contribution in [-0.2, 0) is 13.0 Å². The fourth-order valence-electron chi connectivity index (χ4n) is 2.87. The number of urea groups is 1. The van der Waals surface area contributed by atoms with E-state index in [1.165, 1.54) is 11.1 Å². The second-order valence-electron chi connectivity index (χ2n) is 5.93. The van der Waals surface area contributed by atoms with Crippen LogP contribution in [0.25, 0.3) is 0 Å². The standard InChI is InChI=1S/C19H21ClN2O2/c1-14-12-17(20)6-7-18(14)24-11-9-21-19(23)22-10-8-15-4-2-3-5-16(15)13-22/h2-7,12H,8-11,13H2,1H3,(H,21,23). The van der Waals surface area contributed by atoms with Crippen LogP contribution in [0.2, 0.25) is 5.02 Å². The van der Waals surface area contributed by atoms with Gasteiger partial charge in [-0.3, -0.25) is 0 Å². The zero-order valence-corrected chi connectivity index (χ0v) is 14.5. The van der Waals surface area contributed by atoms with Crippen molar-refractivity contribution in [1.29, 1.82) is 0 Å². The summed E-state index contributed by atoms with van der Waals surface area (Å²) in [6.07, 6.45) is 0.907. The molecule has 0 fully saturated rings. The number of halogens is 1. The fourth-order valence-corrected chi connectivity index (χ4v) is 3.10. The Labute approximate surface area is 147 Å². The van der Waals surface area contributed by atoms with Gasteiger partial charge in [0.15, 0.2) is 0 Å². The molecule has 0 aliphatic carbocycles. The van der Waals surface area contributed by atoms with Crippen molar-refractivity contribution in [3.63, 3.8) is 0 Å². The third-order valence-corrected chi connectivity index (χ3v) is 4.43. The zero-order chi connectivity index (χ0) is 16.9. The molecule has 3 rings (SSSR count). The average Bonchev–Trinajstić information content (AvgIpc) is 2.59. The van der Waals surface area contributed by atoms with Crippen molar-refractivity contribution in [1.82, 2.24) is 10.2 Å². The summed E-state index contributed by atoms with van der Waals surface area (Å²) < 4.78 is 5.69. The monoisotopic (exact) mass is 344 g/mol. The van der Waals surface area contributed by atoms with E-state index >= 15 is 0 Å². The number of carbonyl (C=O) groups excluding carboxylic acids is 1. The maximum absolute atomic E-state index is 12.3. The van der Waals surface area contributed by atoms with Crippen LogP contribution < -0.4 is 10.1 Å². The first-order chi connectivity index (χ1) is 11.6. The van der Waals surface area contributed by atoms with Crippen LogP contribution in [0.3, 0.4) is 0 Å². The first-order valence-electron chi connectivity index (χ1n) is 8.12. The Morgan fingerprint density at radius 1 is 1.25 bits per heavy atom. The van der Waals surface area contributed by atoms with Crippen molar-refractivity contribution in [2.24, 2.45) is 0 Å². The lowest BCUT2D eigenvalue weighted by molar-refractivity contribution is 0.189. The largest absolute Gasteiger partial charge is 0.491 e. The van der Waals surface area contributed by atoms with Gasteiger partial charge < -0.3 is 15.0 Å². The van der Waals surface area contributed by atoms with Crippen molar-refractivity contribution < 1.29 is 9.53 Å². The van der Waals surface area contributed by atoms with Crippen LogP contribution in [-0.4, -0.2) is 30.6 Å². The summed E-state index contributed by atoms with van der Waals surface area (Å²) in [6, 6.07) is 13.7. The number of ether oxygens (including phenoxy) is 1. The Morgan fingerprint density at radius 2 is 2.04 bits per heavy atom. The highest BCUT2D eigenvalue weighted by Crippen LogP contribution is 2.21. The van der Waals surface area contributed by atoms with Gasteiger partial charge in [0.25, 0.3) is 0 Å². The molecule has 126 valence electrons. The molecule has 2 amide bonds. The SMILES string of the molecule is Cc1cc(Cl)ccc1OCCNC(=O)N1CCc2ccccc2C1. The number of amides is 2. The van der Waals surface area contributed by atoms with Crippen LogP contribution in [0.4, 0.5) is 4.79 Å². The summed E-state index contributed by atoms with van der Waals surface area (Å²) in [5.74, 6) is 0.792. The molecular weight excluding hydrogens is 324 g/mol. The van der Waals surface area contributed by atoms with E-state index in [1.807, 2.05) is 36.1 Å². The third-order valence-electron chi connectivity index (χ3n) is 4.19. The molecule has 1 heterocycles. The lowest BCUT2D eigenvalue weighted by atomic mass is 10.0. The van der Waals surface area contributed by atoms with Crippen LogP contribution in [0.15, 0.2) is 42.5 Å². The number of fused-ring (bicyclic) bond motifs is 1. The number of rotatable bonds is 4. The van der Waals surface area contributed by atoms with Crippen molar-refractivity contribution >= 4 is 17.6 Å². The van der Waals surface area contributed by atoms with Crippen LogP contribution in [0.5, 0.6) is 5.75 Å². The molecule has 24 heavy (non-hydrogen) atoms. The van der Waals surface area contributed by atoms with E-state index < -0.39 is 0 Å². The van der Waals surface area contributed by atoms with E-state index in [0.717, 1.165) is 24.3 Å². The number of nitrogens with zero attached hydrogens (tertiary/aromatic N) is 1. The topological polar surface area (TPSA) is 41.6 Å². The molecule has 0 unspecified atom stereocenters. The Morgan fingerprint density at radius 3 is 2.83 bits per heavy atom. The van der Waals surface area contributed by atoms with Gasteiger partial charge in [0.05, 0.1) is 6.54 Å². The molecule has 1 aliphatic heterocycles. The van der Waals surface area contributed by atoms with Crippen LogP contribution in [0.1, 0.15) is 16.7 Å². The number of hydrogen-bond acceptors (Lipinski definition) is 2. The van der Waals surface area contributed by atoms with Gasteiger partial charge in [-0.2, -0.15) is 0 Å². The van der Waals surface area contributed by atoms with Crippen molar-refractivity contribution in [3.05, 3.63) is 64.2 Å². The smallest absolute Gasteiger partial charge is 0.317 e. The first kappa shape index (κ1) is 16.7. The second kappa shape index (κ2) is 7.58. The first-order valence-corrected chi connectivity index (χ1v) is 8.50. The molecule has 4 nitrogen and oxygen atoms in total. The van der Waals surface area contributed by atoms with Crippen LogP contribution in [0, 0.1) is 6.92 Å². The molecular formula is C19H21ClN2O2. The van der Waals surface area contributed by atoms with E-state index in [1.54, 1.807) is 6.07 Å². The number of benzene rings is 2. The second-order valence-corrected chi connectivity index (χ2v) is 6.37. The van der Waals surface area contributed by atoms with Gasteiger partial charge in [0.1, 0.15) is 12.4 Å². The normalized spacial score (nSPS) is 13.3. The molecule has 1 aliphatic rings. The molecule has 0 aromatic heterocycles. The van der Waals surface area contributed by atoms with Crippen molar-refractivity contribution in [2.75, 3.05) is 19.7 Å². The maximum atomic E-state index is 12.3. The Hall–Kier alpha value is -2.20. The number of nitrogens with one attached hydrogen (secondary N) is 1. The number of aryl methyl sites for hydroxylation is 1. The molecule has 0 spiro atoms. The van der Waals surface area contributed by atoms with Gasteiger partial charge in [0.2, 0.25) is 0 Å². The Balaban J connectivity index is 1.45. The van der Waals surface area contributed by atoms with Crippen LogP contribution >= 0.6 is 11.6 Å². The predicted octanol–water partition coefficient (Wildman–Crippen LogP) is 3.80. The molecule has 0 atom stereocenters. The minimum absolute atomic E-state index is 0.0408. The number of hydrogen-bond donors (Lipinski definition) is 1. The van der Waals surface area contributed by atoms with E-state index in [9.17, 15) is 4.79 Å². The lowest BCUT2D eigenvalue weighted by Crippen LogP contribution is -2.43. The minimum atomic E-state index is -0.0408. The van der Waals surface area contributed by atoms with Gasteiger partial charge in [-0.05, 0) is 48.2 Å². The van der Waals surface area contributed by atoms with E-state index in [4.69, 9.17) is 16.3 Å². The highest BCUT2D eigenvalue weighted by molar-refractivity contribution is 6.30. The quantitative estimate of drug-likeness (QED) is 0.857. The average molecular weight is 345 g/mol. The molecule has 2 aromatic rings. The van der Waals surface area contributed by atoms with E-state index in [2.05, 4.69) is 17.4 Å². The lowest BCUT2D eigenvalue weighted by Gasteiger charge is -2.29. The molecule has 0 saturated heterocycles. The minimum Gasteiger partial charge on any atom is -0.491 e.